The van der Waals surface area contributed by atoms with Crippen LogP contribution >= 0.6 is 0 Å². The third kappa shape index (κ3) is 6.24. The number of benzene rings is 1. The number of aromatic hydroxyl groups is 2. The topological polar surface area (TPSA) is 87.0 Å². The number of carbonyl (C=O) groups excluding carboxylic acids is 1. The average molecular weight is 623 g/mol. The van der Waals surface area contributed by atoms with Crippen molar-refractivity contribution in [2.75, 3.05) is 6.61 Å². The largest absolute Gasteiger partial charge is 0.508 e. The first-order valence-electron chi connectivity index (χ1n) is 17.7. The Morgan fingerprint density at radius 1 is 1.00 bits per heavy atom. The van der Waals surface area contributed by atoms with Crippen LogP contribution in [0.3, 0.4) is 0 Å². The molecule has 1 aromatic carbocycles. The number of esters is 1. The van der Waals surface area contributed by atoms with E-state index in [4.69, 9.17) is 9.84 Å². The van der Waals surface area contributed by atoms with Crippen LogP contribution in [-0.2, 0) is 4.74 Å². The van der Waals surface area contributed by atoms with Gasteiger partial charge in [0.15, 0.2) is 0 Å². The number of aliphatic hydroxyl groups is 1. The first-order valence-corrected chi connectivity index (χ1v) is 17.7. The fraction of sp³-hybridized carbons (Fsp3) is 0.725. The van der Waals surface area contributed by atoms with Crippen LogP contribution < -0.4 is 0 Å². The van der Waals surface area contributed by atoms with E-state index in [0.717, 1.165) is 24.3 Å². The van der Waals surface area contributed by atoms with Gasteiger partial charge in [0.1, 0.15) is 17.1 Å². The van der Waals surface area contributed by atoms with Crippen LogP contribution in [0.2, 0.25) is 0 Å². The Morgan fingerprint density at radius 3 is 2.31 bits per heavy atom. The van der Waals surface area contributed by atoms with Gasteiger partial charge in [-0.15, -0.1) is 0 Å². The average Bonchev–Trinajstić information content (AvgIpc) is 3.22. The molecule has 0 radical (unpaired) electrons. The zero-order chi connectivity index (χ0) is 33.5. The van der Waals surface area contributed by atoms with E-state index in [9.17, 15) is 15.0 Å². The number of phenolic OH excluding ortho intramolecular Hbond substituents is 2. The fourth-order valence-corrected chi connectivity index (χ4v) is 10.7. The van der Waals surface area contributed by atoms with Gasteiger partial charge in [-0.05, 0) is 143 Å². The lowest BCUT2D eigenvalue weighted by Gasteiger charge is -2.62. The van der Waals surface area contributed by atoms with E-state index >= 15 is 0 Å². The zero-order valence-corrected chi connectivity index (χ0v) is 30.0. The summed E-state index contributed by atoms with van der Waals surface area (Å²) in [4.78, 5) is 11.3. The molecule has 45 heavy (non-hydrogen) atoms. The van der Waals surface area contributed by atoms with Crippen LogP contribution in [-0.4, -0.2) is 34.0 Å². The Labute approximate surface area is 273 Å². The highest BCUT2D eigenvalue weighted by atomic mass is 16.5. The Morgan fingerprint density at radius 2 is 1.69 bits per heavy atom. The molecule has 7 unspecified atom stereocenters. The maximum Gasteiger partial charge on any atom is 0.342 e. The lowest BCUT2D eigenvalue weighted by molar-refractivity contribution is -0.0962. The van der Waals surface area contributed by atoms with Gasteiger partial charge >= 0.3 is 5.97 Å². The summed E-state index contributed by atoms with van der Waals surface area (Å²) in [7, 11) is 0. The van der Waals surface area contributed by atoms with Gasteiger partial charge in [0, 0.05) is 6.07 Å². The van der Waals surface area contributed by atoms with E-state index in [-0.39, 0.29) is 35.2 Å². The van der Waals surface area contributed by atoms with Crippen LogP contribution in [0.5, 0.6) is 11.5 Å². The predicted molar refractivity (Wildman–Crippen MR) is 183 cm³/mol. The van der Waals surface area contributed by atoms with E-state index < -0.39 is 5.97 Å². The molecule has 0 aliphatic heterocycles. The number of carbonyl (C=O) groups is 1. The smallest absolute Gasteiger partial charge is 0.342 e. The van der Waals surface area contributed by atoms with Crippen LogP contribution in [0.15, 0.2) is 34.9 Å². The lowest BCUT2D eigenvalue weighted by atomic mass is 9.43. The molecule has 5 nitrogen and oxygen atoms in total. The van der Waals surface area contributed by atoms with E-state index in [1.54, 1.807) is 13.8 Å². The molecule has 0 spiro atoms. The Hall–Kier alpha value is -2.27. The normalized spacial score (nSPS) is 34.0. The molecule has 5 rings (SSSR count). The minimum Gasteiger partial charge on any atom is -0.508 e. The highest BCUT2D eigenvalue weighted by Gasteiger charge is 2.63. The summed E-state index contributed by atoms with van der Waals surface area (Å²) in [5.41, 5.74) is 7.00. The van der Waals surface area contributed by atoms with Crippen molar-refractivity contribution in [2.24, 2.45) is 39.4 Å². The van der Waals surface area contributed by atoms with Crippen molar-refractivity contribution in [3.05, 3.63) is 46.1 Å². The number of allylic oxidation sites excluding steroid dienone is 4. The minimum atomic E-state index is -0.581. The highest BCUT2D eigenvalue weighted by Crippen LogP contribution is 2.72. The van der Waals surface area contributed by atoms with Gasteiger partial charge in [-0.2, -0.15) is 0 Å². The van der Waals surface area contributed by atoms with Crippen molar-refractivity contribution in [3.8, 4) is 11.5 Å². The Balaban J connectivity index is 0.000000276. The van der Waals surface area contributed by atoms with Gasteiger partial charge in [0.25, 0.3) is 0 Å². The van der Waals surface area contributed by atoms with E-state index in [2.05, 4.69) is 61.5 Å². The number of aryl methyl sites for hydroxylation is 1. The van der Waals surface area contributed by atoms with Crippen molar-refractivity contribution < 1.29 is 24.9 Å². The first kappa shape index (κ1) is 35.6. The second kappa shape index (κ2) is 13.1. The van der Waals surface area contributed by atoms with Gasteiger partial charge in [-0.3, -0.25) is 0 Å². The molecular formula is C40H62O5. The fourth-order valence-electron chi connectivity index (χ4n) is 10.7. The van der Waals surface area contributed by atoms with E-state index in [1.165, 1.54) is 69.4 Å². The van der Waals surface area contributed by atoms with Crippen molar-refractivity contribution in [2.45, 2.75) is 140 Å². The van der Waals surface area contributed by atoms with Crippen LogP contribution in [0.1, 0.15) is 142 Å². The number of hydrogen-bond donors (Lipinski definition) is 3. The number of hydrogen-bond acceptors (Lipinski definition) is 5. The van der Waals surface area contributed by atoms with Crippen LogP contribution in [0.4, 0.5) is 0 Å². The summed E-state index contributed by atoms with van der Waals surface area (Å²) in [5.74, 6) is 1.40. The number of phenols is 2. The number of rotatable bonds is 6. The second-order valence-corrected chi connectivity index (χ2v) is 16.4. The zero-order valence-electron chi connectivity index (χ0n) is 30.0. The molecule has 0 saturated heterocycles. The van der Waals surface area contributed by atoms with Crippen LogP contribution in [0.25, 0.3) is 0 Å². The monoisotopic (exact) mass is 622 g/mol. The SMILES string of the molecule is CC(C)=CCCC(C)C1CCC2(C)C3=C(CCC12C)C1(C)CCC(O)C(C)(C)C1CC3.CCOC(=O)c1c(C)cc(O)cc1O. The van der Waals surface area contributed by atoms with Crippen molar-refractivity contribution in [1.29, 1.82) is 0 Å². The predicted octanol–water partition coefficient (Wildman–Crippen LogP) is 10.1. The standard InChI is InChI=1S/C30H50O.C10H12O4/c1-20(2)10-9-11-21(3)22-14-18-30(8)24-12-13-25-27(4,5)26(31)16-17-28(25,6)23(24)15-19-29(22,30)7;1-3-14-10(13)9-6(2)4-7(11)5-8(9)12/h10,21-22,25-26,31H,9,11-19H2,1-8H3;4-5,11-12H,3H2,1-2H3. The molecule has 2 saturated carbocycles. The first-order chi connectivity index (χ1) is 20.9. The molecule has 0 bridgehead atoms. The molecule has 2 fully saturated rings. The van der Waals surface area contributed by atoms with E-state index in [0.29, 0.717) is 27.7 Å². The number of fused-ring (bicyclic) bond motifs is 4. The number of ether oxygens (including phenoxy) is 1. The third-order valence-electron chi connectivity index (χ3n) is 13.4. The molecule has 0 amide bonds. The van der Waals surface area contributed by atoms with E-state index in [1.807, 2.05) is 11.1 Å². The van der Waals surface area contributed by atoms with Crippen molar-refractivity contribution in [3.63, 3.8) is 0 Å². The molecule has 0 aromatic heterocycles. The molecule has 1 aromatic rings. The minimum absolute atomic E-state index is 0.0465. The summed E-state index contributed by atoms with van der Waals surface area (Å²) in [6.07, 6.45) is 15.2. The molecular weight excluding hydrogens is 560 g/mol. The molecule has 4 aliphatic carbocycles. The third-order valence-corrected chi connectivity index (χ3v) is 13.4. The quantitative estimate of drug-likeness (QED) is 0.217. The van der Waals surface area contributed by atoms with Crippen LogP contribution in [0, 0.1) is 46.3 Å². The number of aliphatic hydroxyl groups excluding tert-OH is 1. The Kier molecular flexibility index (Phi) is 10.3. The summed E-state index contributed by atoms with van der Waals surface area (Å²) in [5, 5.41) is 29.3. The van der Waals surface area contributed by atoms with Gasteiger partial charge < -0.3 is 20.1 Å². The van der Waals surface area contributed by atoms with Crippen molar-refractivity contribution in [1.82, 2.24) is 0 Å². The second-order valence-electron chi connectivity index (χ2n) is 16.4. The van der Waals surface area contributed by atoms with Gasteiger partial charge in [0.2, 0.25) is 0 Å². The molecule has 3 N–H and O–H groups in total. The maximum absolute atomic E-state index is 11.3. The summed E-state index contributed by atoms with van der Waals surface area (Å²) >= 11 is 0. The molecule has 0 heterocycles. The molecule has 5 heteroatoms. The summed E-state index contributed by atoms with van der Waals surface area (Å²) < 4.78 is 4.75. The molecule has 4 aliphatic rings. The summed E-state index contributed by atoms with van der Waals surface area (Å²) in [6.45, 7) is 23.2. The highest BCUT2D eigenvalue weighted by molar-refractivity contribution is 5.94. The summed E-state index contributed by atoms with van der Waals surface area (Å²) in [6, 6.07) is 2.51. The lowest BCUT2D eigenvalue weighted by Crippen LogP contribution is -2.55. The van der Waals surface area contributed by atoms with Crippen molar-refractivity contribution >= 4 is 5.97 Å². The molecule has 252 valence electrons. The maximum atomic E-state index is 11.3. The molecule has 7 atom stereocenters. The Bertz CT molecular complexity index is 1290. The van der Waals surface area contributed by atoms with Gasteiger partial charge in [-0.1, -0.05) is 64.3 Å². The van der Waals surface area contributed by atoms with Gasteiger partial charge in [0.05, 0.1) is 12.7 Å². The van der Waals surface area contributed by atoms with Gasteiger partial charge in [-0.25, -0.2) is 4.79 Å².